The van der Waals surface area contributed by atoms with E-state index in [1.807, 2.05) is 17.0 Å². The van der Waals surface area contributed by atoms with Gasteiger partial charge in [-0.25, -0.2) is 0 Å². The predicted octanol–water partition coefficient (Wildman–Crippen LogP) is 2.33. The molecule has 1 aromatic carbocycles. The van der Waals surface area contributed by atoms with Gasteiger partial charge in [0.05, 0.1) is 0 Å². The van der Waals surface area contributed by atoms with Gasteiger partial charge in [-0.05, 0) is 55.5 Å². The third kappa shape index (κ3) is 3.35. The van der Waals surface area contributed by atoms with Crippen LogP contribution in [0.4, 0.5) is 0 Å². The first-order valence-electron chi connectivity index (χ1n) is 8.31. The number of aryl methyl sites for hydroxylation is 1. The molecule has 5 nitrogen and oxygen atoms in total. The molecule has 1 unspecified atom stereocenters. The minimum Gasteiger partial charge on any atom is -0.508 e. The quantitative estimate of drug-likeness (QED) is 0.941. The molecule has 1 N–H and O–H groups in total. The molecular formula is C19H22N2O3. The number of benzene rings is 1. The van der Waals surface area contributed by atoms with Crippen LogP contribution in [0.5, 0.6) is 5.75 Å². The van der Waals surface area contributed by atoms with Gasteiger partial charge in [-0.1, -0.05) is 12.1 Å². The van der Waals surface area contributed by atoms with E-state index in [2.05, 4.69) is 0 Å². The monoisotopic (exact) mass is 326 g/mol. The van der Waals surface area contributed by atoms with Crippen molar-refractivity contribution in [1.29, 1.82) is 0 Å². The Balaban J connectivity index is 1.83. The van der Waals surface area contributed by atoms with Gasteiger partial charge in [0.25, 0.3) is 11.5 Å². The number of carbonyl (C=O) groups is 1. The number of rotatable bonds is 3. The van der Waals surface area contributed by atoms with E-state index in [0.717, 1.165) is 31.2 Å². The van der Waals surface area contributed by atoms with E-state index >= 15 is 0 Å². The van der Waals surface area contributed by atoms with Crippen molar-refractivity contribution >= 4 is 5.91 Å². The predicted molar refractivity (Wildman–Crippen MR) is 92.2 cm³/mol. The summed E-state index contributed by atoms with van der Waals surface area (Å²) in [7, 11) is 1.66. The van der Waals surface area contributed by atoms with Crippen LogP contribution in [0, 0.1) is 0 Å². The third-order valence-electron chi connectivity index (χ3n) is 4.65. The molecule has 1 saturated heterocycles. The number of hydrogen-bond donors (Lipinski definition) is 1. The molecule has 1 aliphatic heterocycles. The lowest BCUT2D eigenvalue weighted by atomic mass is 9.95. The van der Waals surface area contributed by atoms with Gasteiger partial charge in [0.2, 0.25) is 0 Å². The summed E-state index contributed by atoms with van der Waals surface area (Å²) in [4.78, 5) is 27.0. The Morgan fingerprint density at radius 1 is 1.21 bits per heavy atom. The van der Waals surface area contributed by atoms with Crippen molar-refractivity contribution in [3.05, 3.63) is 64.1 Å². The summed E-state index contributed by atoms with van der Waals surface area (Å²) in [6.07, 6.45) is 5.37. The minimum atomic E-state index is -0.253. The normalized spacial score (nSPS) is 17.7. The van der Waals surface area contributed by atoms with Gasteiger partial charge < -0.3 is 14.6 Å². The number of phenols is 1. The second-order valence-corrected chi connectivity index (χ2v) is 6.36. The highest BCUT2D eigenvalue weighted by Crippen LogP contribution is 2.23. The fraction of sp³-hybridized carbons (Fsp3) is 0.368. The van der Waals surface area contributed by atoms with Gasteiger partial charge in [-0.2, -0.15) is 0 Å². The smallest absolute Gasteiger partial charge is 0.263 e. The number of amides is 1. The average Bonchev–Trinajstić information content (AvgIpc) is 2.59. The standard InChI is InChI=1S/C19H22N2O3/c1-20-11-4-6-17(18(20)23)19(24)21-12-3-2-5-15(21)13-14-7-9-16(22)10-8-14/h4,6-11,15,22H,2-3,5,12-13H2,1H3. The summed E-state index contributed by atoms with van der Waals surface area (Å²) in [6, 6.07) is 10.5. The average molecular weight is 326 g/mol. The van der Waals surface area contributed by atoms with Gasteiger partial charge in [0.1, 0.15) is 11.3 Å². The Morgan fingerprint density at radius 2 is 1.96 bits per heavy atom. The zero-order chi connectivity index (χ0) is 17.1. The Labute approximate surface area is 141 Å². The second-order valence-electron chi connectivity index (χ2n) is 6.36. The van der Waals surface area contributed by atoms with Gasteiger partial charge in [0, 0.05) is 25.8 Å². The molecule has 1 amide bonds. The van der Waals surface area contributed by atoms with Crippen LogP contribution in [0.2, 0.25) is 0 Å². The highest BCUT2D eigenvalue weighted by atomic mass is 16.3. The zero-order valence-corrected chi connectivity index (χ0v) is 13.8. The molecule has 2 heterocycles. The molecule has 5 heteroatoms. The molecule has 1 aliphatic rings. The number of likely N-dealkylation sites (tertiary alicyclic amines) is 1. The summed E-state index contributed by atoms with van der Waals surface area (Å²) >= 11 is 0. The maximum atomic E-state index is 12.9. The van der Waals surface area contributed by atoms with Crippen molar-refractivity contribution in [2.24, 2.45) is 7.05 Å². The fourth-order valence-electron chi connectivity index (χ4n) is 3.30. The van der Waals surface area contributed by atoms with Crippen LogP contribution in [0.1, 0.15) is 35.2 Å². The highest BCUT2D eigenvalue weighted by Gasteiger charge is 2.29. The minimum absolute atomic E-state index is 0.0840. The van der Waals surface area contributed by atoms with E-state index in [0.29, 0.717) is 6.54 Å². The molecule has 0 radical (unpaired) electrons. The summed E-state index contributed by atoms with van der Waals surface area (Å²) < 4.78 is 1.44. The zero-order valence-electron chi connectivity index (χ0n) is 13.8. The fourth-order valence-corrected chi connectivity index (χ4v) is 3.30. The summed E-state index contributed by atoms with van der Waals surface area (Å²) in [6.45, 7) is 0.680. The molecule has 1 atom stereocenters. The van der Waals surface area contributed by atoms with Gasteiger partial charge >= 0.3 is 0 Å². The summed E-state index contributed by atoms with van der Waals surface area (Å²) in [5.74, 6) is 0.0581. The van der Waals surface area contributed by atoms with E-state index in [4.69, 9.17) is 0 Å². The number of aromatic nitrogens is 1. The first-order valence-corrected chi connectivity index (χ1v) is 8.31. The molecule has 0 spiro atoms. The Morgan fingerprint density at radius 3 is 2.71 bits per heavy atom. The van der Waals surface area contributed by atoms with E-state index < -0.39 is 0 Å². The number of piperidine rings is 1. The maximum absolute atomic E-state index is 12.9. The van der Waals surface area contributed by atoms with Crippen LogP contribution < -0.4 is 5.56 Å². The van der Waals surface area contributed by atoms with Gasteiger partial charge in [0.15, 0.2) is 0 Å². The molecule has 126 valence electrons. The highest BCUT2D eigenvalue weighted by molar-refractivity contribution is 5.94. The van der Waals surface area contributed by atoms with Crippen LogP contribution in [0.15, 0.2) is 47.4 Å². The first-order chi connectivity index (χ1) is 11.6. The van der Waals surface area contributed by atoms with Crippen LogP contribution in [-0.2, 0) is 13.5 Å². The molecule has 0 bridgehead atoms. The molecule has 3 rings (SSSR count). The van der Waals surface area contributed by atoms with E-state index in [9.17, 15) is 14.7 Å². The molecular weight excluding hydrogens is 304 g/mol. The molecule has 1 aromatic heterocycles. The van der Waals surface area contributed by atoms with Crippen molar-refractivity contribution in [3.8, 4) is 5.75 Å². The van der Waals surface area contributed by atoms with E-state index in [1.165, 1.54) is 4.57 Å². The topological polar surface area (TPSA) is 62.5 Å². The number of nitrogens with zero attached hydrogens (tertiary/aromatic N) is 2. The Kier molecular flexibility index (Phi) is 4.69. The lowest BCUT2D eigenvalue weighted by Crippen LogP contribution is -2.46. The van der Waals surface area contributed by atoms with Crippen molar-refractivity contribution in [1.82, 2.24) is 9.47 Å². The lowest BCUT2D eigenvalue weighted by Gasteiger charge is -2.36. The van der Waals surface area contributed by atoms with E-state index in [1.54, 1.807) is 37.5 Å². The molecule has 0 aliphatic carbocycles. The molecule has 1 fully saturated rings. The van der Waals surface area contributed by atoms with Crippen LogP contribution in [0.25, 0.3) is 0 Å². The number of pyridine rings is 1. The molecule has 2 aromatic rings. The summed E-state index contributed by atoms with van der Waals surface area (Å²) in [5, 5.41) is 9.41. The van der Waals surface area contributed by atoms with Crippen molar-refractivity contribution in [3.63, 3.8) is 0 Å². The van der Waals surface area contributed by atoms with Crippen molar-refractivity contribution < 1.29 is 9.90 Å². The number of hydrogen-bond acceptors (Lipinski definition) is 3. The number of phenolic OH excluding ortho intramolecular Hbond substituents is 1. The second kappa shape index (κ2) is 6.91. The third-order valence-corrected chi connectivity index (χ3v) is 4.65. The lowest BCUT2D eigenvalue weighted by molar-refractivity contribution is 0.0611. The van der Waals surface area contributed by atoms with Crippen LogP contribution in [-0.4, -0.2) is 33.1 Å². The maximum Gasteiger partial charge on any atom is 0.263 e. The van der Waals surface area contributed by atoms with Gasteiger partial charge in [-0.3, -0.25) is 9.59 Å². The van der Waals surface area contributed by atoms with E-state index in [-0.39, 0.29) is 28.8 Å². The van der Waals surface area contributed by atoms with Crippen LogP contribution in [0.3, 0.4) is 0 Å². The Hall–Kier alpha value is -2.56. The van der Waals surface area contributed by atoms with Gasteiger partial charge in [-0.15, -0.1) is 0 Å². The van der Waals surface area contributed by atoms with Crippen LogP contribution >= 0.6 is 0 Å². The summed E-state index contributed by atoms with van der Waals surface area (Å²) in [5.41, 5.74) is 1.06. The Bertz CT molecular complexity index is 780. The van der Waals surface area contributed by atoms with Crippen molar-refractivity contribution in [2.75, 3.05) is 6.54 Å². The molecule has 0 saturated carbocycles. The van der Waals surface area contributed by atoms with Crippen molar-refractivity contribution in [2.45, 2.75) is 31.7 Å². The molecule has 24 heavy (non-hydrogen) atoms. The SMILES string of the molecule is Cn1cccc(C(=O)N2CCCCC2Cc2ccc(O)cc2)c1=O. The largest absolute Gasteiger partial charge is 0.508 e. The number of aromatic hydroxyl groups is 1. The first kappa shape index (κ1) is 16.3. The number of carbonyl (C=O) groups excluding carboxylic acids is 1.